The van der Waals surface area contributed by atoms with E-state index in [1.54, 1.807) is 11.8 Å². The van der Waals surface area contributed by atoms with E-state index in [0.29, 0.717) is 6.54 Å². The van der Waals surface area contributed by atoms with Crippen molar-refractivity contribution in [3.05, 3.63) is 178 Å². The molecule has 2 aromatic heterocycles. The van der Waals surface area contributed by atoms with Crippen molar-refractivity contribution in [2.45, 2.75) is 30.6 Å². The number of aryl methyl sites for hydroxylation is 1. The molecule has 5 heteroatoms. The second-order valence-corrected chi connectivity index (χ2v) is 16.8. The van der Waals surface area contributed by atoms with E-state index >= 15 is 0 Å². The van der Waals surface area contributed by atoms with Crippen LogP contribution in [0, 0.1) is 0 Å². The van der Waals surface area contributed by atoms with Gasteiger partial charge in [0.1, 0.15) is 0 Å². The van der Waals surface area contributed by atoms with Gasteiger partial charge in [-0.15, -0.1) is 11.3 Å². The number of nitrogens with zero attached hydrogens (tertiary/aromatic N) is 3. The zero-order valence-corrected chi connectivity index (χ0v) is 32.5. The molecule has 0 saturated carbocycles. The Labute approximate surface area is 334 Å². The van der Waals surface area contributed by atoms with Gasteiger partial charge in [-0.25, -0.2) is 0 Å². The summed E-state index contributed by atoms with van der Waals surface area (Å²) in [5.74, 6) is 0. The van der Waals surface area contributed by atoms with Gasteiger partial charge in [-0.05, 0) is 89.7 Å². The Balaban J connectivity index is 0.988. The van der Waals surface area contributed by atoms with Gasteiger partial charge < -0.3 is 4.57 Å². The average molecular weight is 756 g/mol. The molecule has 3 aliphatic rings. The van der Waals surface area contributed by atoms with E-state index in [4.69, 9.17) is 4.99 Å². The van der Waals surface area contributed by atoms with E-state index in [-0.39, 0.29) is 0 Å². The highest BCUT2D eigenvalue weighted by Gasteiger charge is 2.28. The minimum Gasteiger partial charge on any atom is -0.308 e. The maximum Gasteiger partial charge on any atom is 0.0856 e. The van der Waals surface area contributed by atoms with Crippen LogP contribution in [0.25, 0.3) is 71.3 Å². The zero-order valence-electron chi connectivity index (χ0n) is 30.8. The lowest BCUT2D eigenvalue weighted by molar-refractivity contribution is 0.995. The molecule has 3 nitrogen and oxygen atoms in total. The van der Waals surface area contributed by atoms with Crippen molar-refractivity contribution < 1.29 is 0 Å². The lowest BCUT2D eigenvalue weighted by atomic mass is 9.95. The first kappa shape index (κ1) is 33.3. The number of para-hydroxylation sites is 1. The largest absolute Gasteiger partial charge is 0.308 e. The minimum atomic E-state index is 0.659. The van der Waals surface area contributed by atoms with Crippen LogP contribution < -0.4 is 0 Å². The number of hydrogen-bond acceptors (Lipinski definition) is 4. The number of aliphatic imine (C=N–C) groups is 2. The van der Waals surface area contributed by atoms with Crippen LogP contribution in [-0.2, 0) is 6.42 Å². The predicted molar refractivity (Wildman–Crippen MR) is 243 cm³/mol. The Hall–Kier alpha value is -6.01. The smallest absolute Gasteiger partial charge is 0.0856 e. The van der Waals surface area contributed by atoms with Gasteiger partial charge in [-0.3, -0.25) is 9.98 Å². The zero-order chi connectivity index (χ0) is 37.2. The summed E-state index contributed by atoms with van der Waals surface area (Å²) >= 11 is 3.73. The first-order chi connectivity index (χ1) is 27.7. The van der Waals surface area contributed by atoms with E-state index in [9.17, 15) is 0 Å². The highest BCUT2D eigenvalue weighted by atomic mass is 32.2. The van der Waals surface area contributed by atoms with Crippen molar-refractivity contribution in [3.8, 4) is 16.8 Å². The molecule has 0 bridgehead atoms. The molecular weight excluding hydrogens is 719 g/mol. The summed E-state index contributed by atoms with van der Waals surface area (Å²) in [6, 6.07) is 44.3. The van der Waals surface area contributed by atoms with Crippen molar-refractivity contribution in [1.82, 2.24) is 4.57 Å². The monoisotopic (exact) mass is 755 g/mol. The number of allylic oxidation sites excluding steroid dienone is 4. The molecule has 6 aromatic carbocycles. The summed E-state index contributed by atoms with van der Waals surface area (Å²) in [5.41, 5.74) is 12.8. The molecule has 56 heavy (non-hydrogen) atoms. The fraction of sp³-hybridized carbons (Fsp3) is 0.0980. The van der Waals surface area contributed by atoms with Crippen molar-refractivity contribution >= 4 is 90.0 Å². The van der Waals surface area contributed by atoms with E-state index in [0.717, 1.165) is 53.1 Å². The van der Waals surface area contributed by atoms with Gasteiger partial charge in [0, 0.05) is 42.7 Å². The van der Waals surface area contributed by atoms with Gasteiger partial charge in [-0.1, -0.05) is 139 Å². The fourth-order valence-electron chi connectivity index (χ4n) is 8.84. The third-order valence-electron chi connectivity index (χ3n) is 11.5. The van der Waals surface area contributed by atoms with Gasteiger partial charge in [0.15, 0.2) is 0 Å². The molecular formula is C51H37N3S2. The lowest BCUT2D eigenvalue weighted by Crippen LogP contribution is -2.03. The normalized spacial score (nSPS) is 16.6. The summed E-state index contributed by atoms with van der Waals surface area (Å²) in [4.78, 5) is 13.6. The van der Waals surface area contributed by atoms with E-state index < -0.39 is 0 Å². The average Bonchev–Trinajstić information content (AvgIpc) is 3.94. The Bertz CT molecular complexity index is 3070. The molecule has 268 valence electrons. The standard InChI is InChI=1S/C51H37N3S2/c1-52-47(51-48(41-19-9-12-22-44(41)56-51)53-31-32-13-3-2-4-14-32)35-25-23-33(24-26-35)34-27-29-36(30-28-34)54-42-20-10-7-17-39(42)45-37-15-5-6-16-38(37)46-40-18-8-11-21-43(40)55-50(46)49(45)54/h3,5-10,12-20,22-30H,1-2,4,11,21,31H2/b51-47+,53-48?. The molecule has 0 saturated heterocycles. The molecule has 2 aliphatic carbocycles. The Morgan fingerprint density at radius 2 is 1.41 bits per heavy atom. The number of aromatic nitrogens is 1. The first-order valence-electron chi connectivity index (χ1n) is 19.4. The summed E-state index contributed by atoms with van der Waals surface area (Å²) < 4.78 is 3.88. The molecule has 8 aromatic rings. The molecule has 0 spiro atoms. The van der Waals surface area contributed by atoms with E-state index in [1.807, 2.05) is 11.3 Å². The Morgan fingerprint density at radius 3 is 2.20 bits per heavy atom. The van der Waals surface area contributed by atoms with E-state index in [2.05, 4.69) is 168 Å². The molecule has 0 unspecified atom stereocenters. The highest BCUT2D eigenvalue weighted by molar-refractivity contribution is 8.05. The highest BCUT2D eigenvalue weighted by Crippen LogP contribution is 2.49. The van der Waals surface area contributed by atoms with Crippen LogP contribution in [0.5, 0.6) is 0 Å². The third kappa shape index (κ3) is 5.33. The number of fused-ring (bicyclic) bond motifs is 11. The molecule has 11 rings (SSSR count). The van der Waals surface area contributed by atoms with Crippen LogP contribution in [0.15, 0.2) is 171 Å². The number of rotatable bonds is 6. The van der Waals surface area contributed by atoms with Gasteiger partial charge in [0.2, 0.25) is 0 Å². The van der Waals surface area contributed by atoms with Crippen molar-refractivity contribution in [2.75, 3.05) is 6.54 Å². The van der Waals surface area contributed by atoms with Crippen LogP contribution in [0.3, 0.4) is 0 Å². The summed E-state index contributed by atoms with van der Waals surface area (Å²) in [6.07, 6.45) is 15.8. The molecule has 3 heterocycles. The second-order valence-electron chi connectivity index (χ2n) is 14.7. The SMILES string of the molecule is C=N/C(=C1/Sc2ccccc2C1=NCC1=CCCC=C1)c1ccc(-c2ccc(-n3c4ccccc4c4c5ccccc5c5c6c(sc5c43)CCC=C6)cc2)cc1. The maximum atomic E-state index is 5.17. The number of benzene rings is 6. The summed E-state index contributed by atoms with van der Waals surface area (Å²) in [5, 5.41) is 6.70. The van der Waals surface area contributed by atoms with Crippen molar-refractivity contribution in [3.63, 3.8) is 0 Å². The molecule has 1 aliphatic heterocycles. The molecule has 0 radical (unpaired) electrons. The van der Waals surface area contributed by atoms with Crippen molar-refractivity contribution in [2.24, 2.45) is 9.98 Å². The number of thiophene rings is 1. The predicted octanol–water partition coefficient (Wildman–Crippen LogP) is 14.0. The molecule has 0 atom stereocenters. The van der Waals surface area contributed by atoms with Crippen LogP contribution in [0.4, 0.5) is 0 Å². The quantitative estimate of drug-likeness (QED) is 0.155. The Kier molecular flexibility index (Phi) is 8.11. The topological polar surface area (TPSA) is 29.6 Å². The van der Waals surface area contributed by atoms with Crippen LogP contribution >= 0.6 is 23.1 Å². The lowest BCUT2D eigenvalue weighted by Gasteiger charge is -2.12. The molecule has 0 fully saturated rings. The number of hydrogen-bond donors (Lipinski definition) is 0. The van der Waals surface area contributed by atoms with Crippen molar-refractivity contribution in [1.29, 1.82) is 0 Å². The van der Waals surface area contributed by atoms with Crippen LogP contribution in [0.1, 0.15) is 40.8 Å². The third-order valence-corrected chi connectivity index (χ3v) is 13.9. The van der Waals surface area contributed by atoms with E-state index in [1.165, 1.54) is 80.4 Å². The number of thioether (sulfide) groups is 1. The van der Waals surface area contributed by atoms with Crippen LogP contribution in [-0.4, -0.2) is 23.5 Å². The first-order valence-corrected chi connectivity index (χ1v) is 21.0. The van der Waals surface area contributed by atoms with Gasteiger partial charge in [-0.2, -0.15) is 0 Å². The summed E-state index contributed by atoms with van der Waals surface area (Å²) in [6.45, 7) is 4.70. The van der Waals surface area contributed by atoms with Gasteiger partial charge in [0.05, 0.1) is 38.6 Å². The van der Waals surface area contributed by atoms with Gasteiger partial charge >= 0.3 is 0 Å². The van der Waals surface area contributed by atoms with Gasteiger partial charge in [0.25, 0.3) is 0 Å². The molecule has 0 N–H and O–H groups in total. The Morgan fingerprint density at radius 1 is 0.696 bits per heavy atom. The second kappa shape index (κ2) is 13.6. The van der Waals surface area contributed by atoms with Crippen LogP contribution in [0.2, 0.25) is 0 Å². The molecule has 0 amide bonds. The summed E-state index contributed by atoms with van der Waals surface area (Å²) in [7, 11) is 0. The maximum absolute atomic E-state index is 5.17. The minimum absolute atomic E-state index is 0.659. The fourth-order valence-corrected chi connectivity index (χ4v) is 11.4.